The molecular weight excluding hydrogens is 318 g/mol. The van der Waals surface area contributed by atoms with E-state index in [2.05, 4.69) is 4.99 Å². The zero-order valence-electron chi connectivity index (χ0n) is 11.1. The van der Waals surface area contributed by atoms with Crippen molar-refractivity contribution >= 4 is 33.3 Å². The van der Waals surface area contributed by atoms with Gasteiger partial charge in [-0.2, -0.15) is 4.99 Å². The van der Waals surface area contributed by atoms with E-state index in [1.165, 1.54) is 12.1 Å². The molecule has 116 valence electrons. The van der Waals surface area contributed by atoms with Crippen LogP contribution in [0, 0.1) is 6.92 Å². The van der Waals surface area contributed by atoms with Crippen LogP contribution in [0.4, 0.5) is 0 Å². The maximum absolute atomic E-state index is 11.8. The fourth-order valence-corrected chi connectivity index (χ4v) is 2.94. The minimum absolute atomic E-state index is 0.125. The summed E-state index contributed by atoms with van der Waals surface area (Å²) in [7, 11) is -5.49. The Labute approximate surface area is 124 Å². The van der Waals surface area contributed by atoms with E-state index >= 15 is 0 Å². The highest BCUT2D eigenvalue weighted by Crippen LogP contribution is 2.19. The highest BCUT2D eigenvalue weighted by molar-refractivity contribution is 7.72. The third kappa shape index (κ3) is 5.16. The number of thiol groups is 2. The van der Waals surface area contributed by atoms with Crippen LogP contribution in [0.25, 0.3) is 0 Å². The molecule has 1 amide bonds. The molecule has 0 atom stereocenters. The Balaban J connectivity index is 3.42. The minimum atomic E-state index is -2.77. The number of carbonyl (C=O) groups excluding carboxylic acids is 1. The van der Waals surface area contributed by atoms with Gasteiger partial charge in [-0.15, -0.1) is 0 Å². The monoisotopic (exact) mass is 333 g/mol. The van der Waals surface area contributed by atoms with E-state index in [1.54, 1.807) is 6.92 Å². The first-order chi connectivity index (χ1) is 9.70. The number of carbonyl (C=O) groups is 1. The van der Waals surface area contributed by atoms with Gasteiger partial charge in [0.15, 0.2) is 5.96 Å². The van der Waals surface area contributed by atoms with Crippen LogP contribution >= 0.6 is 0 Å². The summed E-state index contributed by atoms with van der Waals surface area (Å²) >= 11 is 0. The van der Waals surface area contributed by atoms with Crippen molar-refractivity contribution in [3.63, 3.8) is 0 Å². The minimum Gasteiger partial charge on any atom is -0.370 e. The Morgan fingerprint density at radius 1 is 1.05 bits per heavy atom. The lowest BCUT2D eigenvalue weighted by atomic mass is 10.0. The topological polar surface area (TPSA) is 150 Å². The lowest BCUT2D eigenvalue weighted by molar-refractivity contribution is 0.100. The maximum Gasteiger partial charge on any atom is 0.280 e. The molecule has 0 spiro atoms. The molecule has 1 rings (SSSR count). The number of nitrogens with two attached hydrogens (primary N) is 2. The molecule has 0 saturated heterocycles. The van der Waals surface area contributed by atoms with Crippen molar-refractivity contribution in [1.82, 2.24) is 0 Å². The van der Waals surface area contributed by atoms with Crippen molar-refractivity contribution in [1.29, 1.82) is 0 Å². The second-order valence-electron chi connectivity index (χ2n) is 4.26. The van der Waals surface area contributed by atoms with E-state index < -0.39 is 33.3 Å². The van der Waals surface area contributed by atoms with Gasteiger partial charge in [0.25, 0.3) is 5.91 Å². The number of hydrogen-bond donors (Lipinski definition) is 4. The highest BCUT2D eigenvalue weighted by Gasteiger charge is 2.14. The molecule has 1 aromatic rings. The third-order valence-corrected chi connectivity index (χ3v) is 3.80. The largest absolute Gasteiger partial charge is 0.370 e. The highest BCUT2D eigenvalue weighted by atomic mass is 32.2. The van der Waals surface area contributed by atoms with Crippen molar-refractivity contribution in [3.05, 3.63) is 34.4 Å². The molecule has 1 aromatic carbocycles. The molecule has 0 aliphatic carbocycles. The molecule has 0 heterocycles. The number of hydrogen-bond acceptors (Lipinski definition) is 5. The van der Waals surface area contributed by atoms with Crippen LogP contribution in [-0.2, 0) is 32.9 Å². The number of aliphatic imine (C=N–C) groups is 1. The van der Waals surface area contributed by atoms with E-state index in [-0.39, 0.29) is 22.6 Å². The molecular formula is C11H15N3O5S2. The molecule has 0 aromatic heterocycles. The Hall–Kier alpha value is -1.94. The Morgan fingerprint density at radius 3 is 1.95 bits per heavy atom. The van der Waals surface area contributed by atoms with Gasteiger partial charge in [0.1, 0.15) is 21.4 Å². The zero-order chi connectivity index (χ0) is 16.2. The quantitative estimate of drug-likeness (QED) is 0.295. The van der Waals surface area contributed by atoms with Crippen molar-refractivity contribution in [2.45, 2.75) is 18.4 Å². The molecule has 4 N–H and O–H groups in total. The average Bonchev–Trinajstić information content (AvgIpc) is 2.30. The summed E-state index contributed by atoms with van der Waals surface area (Å²) in [4.78, 5) is 15.2. The van der Waals surface area contributed by atoms with Crippen LogP contribution in [0.15, 0.2) is 17.1 Å². The van der Waals surface area contributed by atoms with Gasteiger partial charge < -0.3 is 11.5 Å². The van der Waals surface area contributed by atoms with Gasteiger partial charge in [-0.1, -0.05) is 6.07 Å². The average molecular weight is 333 g/mol. The number of benzene rings is 1. The molecule has 0 bridgehead atoms. The smallest absolute Gasteiger partial charge is 0.280 e. The second kappa shape index (κ2) is 7.18. The summed E-state index contributed by atoms with van der Waals surface area (Å²) in [5.74, 6) is -1.79. The lowest BCUT2D eigenvalue weighted by Crippen LogP contribution is -2.24. The standard InChI is InChI=1S/C11H15N3O5S2/c1-6-2-7(4-20(16)17)8(5-21(18)19)3-9(6)10(15)14-11(12)13/h2-3,20-21H,4-5H2,1H3,(H4,12,13,14,15). The predicted molar refractivity (Wildman–Crippen MR) is 79.4 cm³/mol. The van der Waals surface area contributed by atoms with E-state index in [0.717, 1.165) is 0 Å². The van der Waals surface area contributed by atoms with Crippen LogP contribution in [0.1, 0.15) is 27.0 Å². The zero-order valence-corrected chi connectivity index (χ0v) is 12.9. The van der Waals surface area contributed by atoms with Gasteiger partial charge in [0, 0.05) is 5.56 Å². The van der Waals surface area contributed by atoms with Crippen molar-refractivity contribution in [3.8, 4) is 0 Å². The van der Waals surface area contributed by atoms with E-state index in [0.29, 0.717) is 11.1 Å². The second-order valence-corrected chi connectivity index (χ2v) is 6.22. The van der Waals surface area contributed by atoms with Crippen LogP contribution in [-0.4, -0.2) is 28.7 Å². The van der Waals surface area contributed by atoms with E-state index in [4.69, 9.17) is 11.5 Å². The number of nitrogens with zero attached hydrogens (tertiary/aromatic N) is 1. The molecule has 10 heteroatoms. The van der Waals surface area contributed by atoms with E-state index in [9.17, 15) is 21.6 Å². The Bertz CT molecular complexity index is 730. The summed E-state index contributed by atoms with van der Waals surface area (Å²) in [5.41, 5.74) is 11.4. The first kappa shape index (κ1) is 17.1. The van der Waals surface area contributed by atoms with Gasteiger partial charge in [0.2, 0.25) is 0 Å². The van der Waals surface area contributed by atoms with Gasteiger partial charge in [0.05, 0.1) is 11.5 Å². The molecule has 0 radical (unpaired) electrons. The summed E-state index contributed by atoms with van der Waals surface area (Å²) in [6.45, 7) is 1.58. The first-order valence-corrected chi connectivity index (χ1v) is 8.43. The summed E-state index contributed by atoms with van der Waals surface area (Å²) < 4.78 is 43.5. The van der Waals surface area contributed by atoms with Crippen LogP contribution in [0.3, 0.4) is 0 Å². The molecule has 0 unspecified atom stereocenters. The molecule has 8 nitrogen and oxygen atoms in total. The number of rotatable bonds is 5. The Morgan fingerprint density at radius 2 is 1.52 bits per heavy atom. The summed E-state index contributed by atoms with van der Waals surface area (Å²) in [6, 6.07) is 2.76. The van der Waals surface area contributed by atoms with Crippen LogP contribution in [0.2, 0.25) is 0 Å². The van der Waals surface area contributed by atoms with Crippen LogP contribution in [0.5, 0.6) is 0 Å². The number of amides is 1. The van der Waals surface area contributed by atoms with Gasteiger partial charge in [-0.25, -0.2) is 16.8 Å². The fourth-order valence-electron chi connectivity index (χ4n) is 1.79. The van der Waals surface area contributed by atoms with Crippen LogP contribution < -0.4 is 11.5 Å². The SMILES string of the molecule is Cc1cc(C[SH](=O)=O)c(C[SH](=O)=O)cc1C(=O)N=C(N)N. The van der Waals surface area contributed by atoms with Crippen molar-refractivity contribution in [2.75, 3.05) is 0 Å². The van der Waals surface area contributed by atoms with Gasteiger partial charge in [-0.3, -0.25) is 4.79 Å². The number of aryl methyl sites for hydroxylation is 1. The van der Waals surface area contributed by atoms with E-state index in [1.807, 2.05) is 0 Å². The Kier molecular flexibility index (Phi) is 5.85. The van der Waals surface area contributed by atoms with Crippen molar-refractivity contribution < 1.29 is 21.6 Å². The predicted octanol–water partition coefficient (Wildman–Crippen LogP) is -1.37. The normalized spacial score (nSPS) is 10.8. The van der Waals surface area contributed by atoms with Crippen molar-refractivity contribution in [2.24, 2.45) is 16.5 Å². The lowest BCUT2D eigenvalue weighted by Gasteiger charge is -2.09. The first-order valence-electron chi connectivity index (χ1n) is 5.70. The maximum atomic E-state index is 11.8. The van der Waals surface area contributed by atoms with Gasteiger partial charge >= 0.3 is 0 Å². The summed E-state index contributed by atoms with van der Waals surface area (Å²) in [5, 5.41) is 0. The molecule has 0 aliphatic heterocycles. The molecule has 0 saturated carbocycles. The molecule has 0 aliphatic rings. The number of guanidine groups is 1. The summed E-state index contributed by atoms with van der Waals surface area (Å²) in [6.07, 6.45) is 0. The molecule has 0 fully saturated rings. The third-order valence-electron chi connectivity index (χ3n) is 2.61. The fraction of sp³-hybridized carbons (Fsp3) is 0.273. The molecule has 21 heavy (non-hydrogen) atoms. The van der Waals surface area contributed by atoms with Gasteiger partial charge in [-0.05, 0) is 29.7 Å².